The first-order valence-electron chi connectivity index (χ1n) is 7.63. The Hall–Kier alpha value is -0.410. The van der Waals surface area contributed by atoms with Crippen LogP contribution in [0.4, 0.5) is 0 Å². The van der Waals surface area contributed by atoms with Crippen molar-refractivity contribution < 1.29 is 0 Å². The maximum absolute atomic E-state index is 4.53. The molecule has 102 valence electrons. The molecule has 4 aliphatic rings. The van der Waals surface area contributed by atoms with Crippen LogP contribution in [0.1, 0.15) is 37.8 Å². The third-order valence-corrected chi connectivity index (χ3v) is 5.96. The van der Waals surface area contributed by atoms with Crippen LogP contribution in [0.2, 0.25) is 0 Å². The number of hydrogen-bond acceptors (Lipinski definition) is 2. The Morgan fingerprint density at radius 3 is 2.37 bits per heavy atom. The quantitative estimate of drug-likeness (QED) is 0.858. The molecule has 19 heavy (non-hydrogen) atoms. The van der Waals surface area contributed by atoms with E-state index in [9.17, 15) is 0 Å². The molecule has 0 amide bonds. The van der Waals surface area contributed by atoms with Crippen molar-refractivity contribution in [1.82, 2.24) is 10.3 Å². The van der Waals surface area contributed by atoms with Crippen molar-refractivity contribution in [1.29, 1.82) is 0 Å². The molecule has 0 saturated heterocycles. The van der Waals surface area contributed by atoms with Gasteiger partial charge in [-0.3, -0.25) is 0 Å². The minimum atomic E-state index is 0.758. The summed E-state index contributed by atoms with van der Waals surface area (Å²) in [7, 11) is 0. The predicted molar refractivity (Wildman–Crippen MR) is 79.6 cm³/mol. The molecule has 0 unspecified atom stereocenters. The number of pyridine rings is 1. The Labute approximate surface area is 123 Å². The van der Waals surface area contributed by atoms with Gasteiger partial charge in [0, 0.05) is 12.6 Å². The first kappa shape index (κ1) is 12.3. The Bertz CT molecular complexity index is 446. The first-order chi connectivity index (χ1) is 9.28. The summed E-state index contributed by atoms with van der Waals surface area (Å²) in [5.41, 5.74) is 1.16. The average molecular weight is 321 g/mol. The fourth-order valence-electron chi connectivity index (χ4n) is 5.03. The highest BCUT2D eigenvalue weighted by Crippen LogP contribution is 2.53. The lowest BCUT2D eigenvalue weighted by molar-refractivity contribution is -0.0143. The molecule has 5 rings (SSSR count). The lowest BCUT2D eigenvalue weighted by atomic mass is 9.54. The van der Waals surface area contributed by atoms with Gasteiger partial charge in [-0.2, -0.15) is 0 Å². The molecule has 1 heterocycles. The van der Waals surface area contributed by atoms with Crippen LogP contribution < -0.4 is 5.32 Å². The fraction of sp³-hybridized carbons (Fsp3) is 0.688. The maximum Gasteiger partial charge on any atom is 0.106 e. The van der Waals surface area contributed by atoms with E-state index < -0.39 is 0 Å². The monoisotopic (exact) mass is 320 g/mol. The van der Waals surface area contributed by atoms with Gasteiger partial charge >= 0.3 is 0 Å². The van der Waals surface area contributed by atoms with Crippen LogP contribution in [0.5, 0.6) is 0 Å². The summed E-state index contributed by atoms with van der Waals surface area (Å²) in [6.45, 7) is 0.923. The average Bonchev–Trinajstić information content (AvgIpc) is 2.37. The third-order valence-electron chi connectivity index (χ3n) is 5.52. The second-order valence-electron chi connectivity index (χ2n) is 6.79. The van der Waals surface area contributed by atoms with Crippen molar-refractivity contribution in [2.75, 3.05) is 0 Å². The standard InChI is InChI=1S/C16H21BrN2/c17-15-3-1-2-14(19-15)9-18-16-12-5-10-4-11(7-12)8-13(16)6-10/h1-3,10-13,16,18H,4-9H2. The van der Waals surface area contributed by atoms with Crippen molar-refractivity contribution in [3.05, 3.63) is 28.5 Å². The number of halogens is 1. The van der Waals surface area contributed by atoms with Gasteiger partial charge in [0.25, 0.3) is 0 Å². The van der Waals surface area contributed by atoms with Gasteiger partial charge in [-0.25, -0.2) is 4.98 Å². The number of nitrogens with zero attached hydrogens (tertiary/aromatic N) is 1. The van der Waals surface area contributed by atoms with Crippen molar-refractivity contribution in [2.45, 2.75) is 44.7 Å². The molecule has 0 spiro atoms. The normalized spacial score (nSPS) is 39.7. The molecule has 2 nitrogen and oxygen atoms in total. The highest BCUT2D eigenvalue weighted by Gasteiger charge is 2.47. The second kappa shape index (κ2) is 4.85. The van der Waals surface area contributed by atoms with Gasteiger partial charge in [-0.15, -0.1) is 0 Å². The topological polar surface area (TPSA) is 24.9 Å². The lowest BCUT2D eigenvalue weighted by Crippen LogP contribution is -2.54. The van der Waals surface area contributed by atoms with E-state index in [0.29, 0.717) is 0 Å². The maximum atomic E-state index is 4.53. The SMILES string of the molecule is Brc1cccc(CNC2C3CC4CC(C3)CC2C4)n1. The Kier molecular flexibility index (Phi) is 3.15. The summed E-state index contributed by atoms with van der Waals surface area (Å²) in [4.78, 5) is 4.53. The first-order valence-corrected chi connectivity index (χ1v) is 8.42. The van der Waals surface area contributed by atoms with Gasteiger partial charge in [-0.05, 0) is 83.8 Å². The van der Waals surface area contributed by atoms with Crippen LogP contribution in [-0.2, 0) is 6.54 Å². The van der Waals surface area contributed by atoms with Crippen molar-refractivity contribution in [3.8, 4) is 0 Å². The molecule has 0 aliphatic heterocycles. The number of hydrogen-bond donors (Lipinski definition) is 1. The molecule has 1 aromatic rings. The van der Waals surface area contributed by atoms with Crippen LogP contribution in [0.3, 0.4) is 0 Å². The minimum absolute atomic E-state index is 0.758. The predicted octanol–water partition coefficient (Wildman–Crippen LogP) is 3.76. The Morgan fingerprint density at radius 1 is 1.05 bits per heavy atom. The lowest BCUT2D eigenvalue weighted by Gasteiger charge is -2.54. The van der Waals surface area contributed by atoms with Gasteiger partial charge in [0.1, 0.15) is 4.60 Å². The smallest absolute Gasteiger partial charge is 0.106 e. The molecule has 4 saturated carbocycles. The van der Waals surface area contributed by atoms with E-state index in [-0.39, 0.29) is 0 Å². The molecular formula is C16H21BrN2. The molecule has 4 bridgehead atoms. The molecule has 1 aromatic heterocycles. The van der Waals surface area contributed by atoms with Gasteiger partial charge < -0.3 is 5.32 Å². The van der Waals surface area contributed by atoms with Crippen molar-refractivity contribution >= 4 is 15.9 Å². The summed E-state index contributed by atoms with van der Waals surface area (Å²) < 4.78 is 0.942. The number of nitrogens with one attached hydrogen (secondary N) is 1. The molecule has 0 radical (unpaired) electrons. The van der Waals surface area contributed by atoms with Crippen LogP contribution in [-0.4, -0.2) is 11.0 Å². The molecule has 0 aromatic carbocycles. The zero-order valence-electron chi connectivity index (χ0n) is 11.2. The van der Waals surface area contributed by atoms with E-state index >= 15 is 0 Å². The summed E-state index contributed by atoms with van der Waals surface area (Å²) in [6.07, 6.45) is 7.47. The molecule has 1 N–H and O–H groups in total. The van der Waals surface area contributed by atoms with Gasteiger partial charge in [0.05, 0.1) is 5.69 Å². The van der Waals surface area contributed by atoms with Gasteiger partial charge in [-0.1, -0.05) is 6.07 Å². The molecule has 4 fully saturated rings. The summed E-state index contributed by atoms with van der Waals surface area (Å²) >= 11 is 3.45. The van der Waals surface area contributed by atoms with Gasteiger partial charge in [0.15, 0.2) is 0 Å². The molecule has 4 aliphatic carbocycles. The van der Waals surface area contributed by atoms with Crippen molar-refractivity contribution in [3.63, 3.8) is 0 Å². The van der Waals surface area contributed by atoms with Crippen LogP contribution in [0.25, 0.3) is 0 Å². The largest absolute Gasteiger partial charge is 0.308 e. The second-order valence-corrected chi connectivity index (χ2v) is 7.60. The highest BCUT2D eigenvalue weighted by molar-refractivity contribution is 9.10. The van der Waals surface area contributed by atoms with Crippen LogP contribution >= 0.6 is 15.9 Å². The molecule has 0 atom stereocenters. The van der Waals surface area contributed by atoms with Crippen molar-refractivity contribution in [2.24, 2.45) is 23.7 Å². The van der Waals surface area contributed by atoms with Crippen LogP contribution in [0, 0.1) is 23.7 Å². The van der Waals surface area contributed by atoms with Gasteiger partial charge in [0.2, 0.25) is 0 Å². The van der Waals surface area contributed by atoms with E-state index in [0.717, 1.165) is 46.6 Å². The number of rotatable bonds is 3. The van der Waals surface area contributed by atoms with E-state index in [4.69, 9.17) is 0 Å². The molecule has 3 heteroatoms. The van der Waals surface area contributed by atoms with E-state index in [2.05, 4.69) is 38.4 Å². The summed E-state index contributed by atoms with van der Waals surface area (Å²) in [6, 6.07) is 6.94. The summed E-state index contributed by atoms with van der Waals surface area (Å²) in [5, 5.41) is 3.82. The number of aromatic nitrogens is 1. The van der Waals surface area contributed by atoms with E-state index in [1.165, 1.54) is 32.1 Å². The minimum Gasteiger partial charge on any atom is -0.308 e. The highest BCUT2D eigenvalue weighted by atomic mass is 79.9. The Balaban J connectivity index is 1.43. The zero-order valence-corrected chi connectivity index (χ0v) is 12.8. The van der Waals surface area contributed by atoms with E-state index in [1.54, 1.807) is 0 Å². The third kappa shape index (κ3) is 2.36. The fourth-order valence-corrected chi connectivity index (χ4v) is 5.41. The zero-order chi connectivity index (χ0) is 12.8. The van der Waals surface area contributed by atoms with E-state index in [1.807, 2.05) is 6.07 Å². The molecular weight excluding hydrogens is 300 g/mol. The summed E-state index contributed by atoms with van der Waals surface area (Å²) in [5.74, 6) is 4.01. The Morgan fingerprint density at radius 2 is 1.74 bits per heavy atom. The van der Waals surface area contributed by atoms with Crippen LogP contribution in [0.15, 0.2) is 22.8 Å².